The Morgan fingerprint density at radius 1 is 1.18 bits per heavy atom. The Kier molecular flexibility index (Phi) is 3.69. The quantitative estimate of drug-likeness (QED) is 0.812. The van der Waals surface area contributed by atoms with Gasteiger partial charge in [0.2, 0.25) is 5.91 Å². The van der Waals surface area contributed by atoms with Crippen molar-refractivity contribution in [2.24, 2.45) is 23.5 Å². The molecule has 17 heavy (non-hydrogen) atoms. The molecule has 1 amide bonds. The fourth-order valence-corrected chi connectivity index (χ4v) is 3.99. The van der Waals surface area contributed by atoms with Crippen LogP contribution >= 0.6 is 12.4 Å². The van der Waals surface area contributed by atoms with Crippen LogP contribution in [0.5, 0.6) is 0 Å². The summed E-state index contributed by atoms with van der Waals surface area (Å²) in [7, 11) is 0. The zero-order chi connectivity index (χ0) is 11.2. The van der Waals surface area contributed by atoms with Crippen LogP contribution in [0.3, 0.4) is 0 Å². The number of hydrogen-bond acceptors (Lipinski definition) is 2. The molecule has 0 bridgehead atoms. The monoisotopic (exact) mass is 258 g/mol. The Morgan fingerprint density at radius 3 is 2.29 bits per heavy atom. The van der Waals surface area contributed by atoms with Gasteiger partial charge in [-0.3, -0.25) is 4.79 Å². The van der Waals surface area contributed by atoms with Gasteiger partial charge in [0.1, 0.15) is 0 Å². The van der Waals surface area contributed by atoms with Crippen LogP contribution in [0.25, 0.3) is 0 Å². The van der Waals surface area contributed by atoms with E-state index in [9.17, 15) is 4.79 Å². The number of carbonyl (C=O) groups is 1. The highest BCUT2D eigenvalue weighted by atomic mass is 35.5. The van der Waals surface area contributed by atoms with Crippen LogP contribution in [0.2, 0.25) is 0 Å². The van der Waals surface area contributed by atoms with Gasteiger partial charge < -0.3 is 11.1 Å². The molecule has 0 saturated heterocycles. The minimum atomic E-state index is -0.0476. The van der Waals surface area contributed by atoms with Crippen molar-refractivity contribution in [3.05, 3.63) is 0 Å². The van der Waals surface area contributed by atoms with E-state index in [0.717, 1.165) is 24.7 Å². The van der Waals surface area contributed by atoms with E-state index in [0.29, 0.717) is 18.4 Å². The van der Waals surface area contributed by atoms with Crippen molar-refractivity contribution < 1.29 is 4.79 Å². The van der Waals surface area contributed by atoms with Crippen LogP contribution in [0.4, 0.5) is 0 Å². The number of rotatable bonds is 3. The zero-order valence-electron chi connectivity index (χ0n) is 10.3. The number of halogens is 1. The highest BCUT2D eigenvalue weighted by molar-refractivity contribution is 5.85. The summed E-state index contributed by atoms with van der Waals surface area (Å²) >= 11 is 0. The molecule has 3 nitrogen and oxygen atoms in total. The third-order valence-corrected chi connectivity index (χ3v) is 5.05. The third-order valence-electron chi connectivity index (χ3n) is 5.05. The SMILES string of the molecule is Cl.NCC1(NC(=O)C2C3CCCC32)CCCC1. The third kappa shape index (κ3) is 2.19. The average molecular weight is 259 g/mol. The molecule has 2 atom stereocenters. The van der Waals surface area contributed by atoms with Gasteiger partial charge in [-0.1, -0.05) is 19.3 Å². The lowest BCUT2D eigenvalue weighted by molar-refractivity contribution is -0.124. The van der Waals surface area contributed by atoms with Gasteiger partial charge in [-0.25, -0.2) is 0 Å². The summed E-state index contributed by atoms with van der Waals surface area (Å²) in [6.45, 7) is 0.612. The molecular weight excluding hydrogens is 236 g/mol. The van der Waals surface area contributed by atoms with Gasteiger partial charge in [-0.05, 0) is 37.5 Å². The molecule has 3 aliphatic rings. The number of amides is 1. The normalized spacial score (nSPS) is 37.1. The molecular formula is C13H23ClN2O. The molecule has 98 valence electrons. The van der Waals surface area contributed by atoms with E-state index in [4.69, 9.17) is 5.73 Å². The molecule has 0 aromatic heterocycles. The summed E-state index contributed by atoms with van der Waals surface area (Å²) < 4.78 is 0. The van der Waals surface area contributed by atoms with Gasteiger partial charge in [0.05, 0.1) is 5.54 Å². The second-order valence-electron chi connectivity index (χ2n) is 5.97. The lowest BCUT2D eigenvalue weighted by Crippen LogP contribution is -2.52. The van der Waals surface area contributed by atoms with E-state index < -0.39 is 0 Å². The minimum absolute atomic E-state index is 0. The van der Waals surface area contributed by atoms with Crippen LogP contribution < -0.4 is 11.1 Å². The van der Waals surface area contributed by atoms with Crippen molar-refractivity contribution in [2.45, 2.75) is 50.5 Å². The largest absolute Gasteiger partial charge is 0.349 e. The lowest BCUT2D eigenvalue weighted by Gasteiger charge is -2.29. The first kappa shape index (κ1) is 13.2. The van der Waals surface area contributed by atoms with Crippen LogP contribution in [-0.4, -0.2) is 18.0 Å². The van der Waals surface area contributed by atoms with Gasteiger partial charge in [0.25, 0.3) is 0 Å². The first-order valence-electron chi connectivity index (χ1n) is 6.78. The number of hydrogen-bond donors (Lipinski definition) is 2. The number of fused-ring (bicyclic) bond motifs is 1. The van der Waals surface area contributed by atoms with Crippen molar-refractivity contribution in [3.8, 4) is 0 Å². The summed E-state index contributed by atoms with van der Waals surface area (Å²) in [5.41, 5.74) is 5.79. The second-order valence-corrected chi connectivity index (χ2v) is 5.97. The first-order valence-corrected chi connectivity index (χ1v) is 6.78. The fraction of sp³-hybridized carbons (Fsp3) is 0.923. The van der Waals surface area contributed by atoms with E-state index in [2.05, 4.69) is 5.32 Å². The van der Waals surface area contributed by atoms with Crippen LogP contribution in [0.1, 0.15) is 44.9 Å². The maximum Gasteiger partial charge on any atom is 0.224 e. The molecule has 3 fully saturated rings. The summed E-state index contributed by atoms with van der Waals surface area (Å²) in [5.74, 6) is 2.09. The molecule has 0 aliphatic heterocycles. The predicted octanol–water partition coefficient (Wildman–Crippen LogP) is 1.84. The lowest BCUT2D eigenvalue weighted by atomic mass is 9.97. The maximum absolute atomic E-state index is 12.2. The topological polar surface area (TPSA) is 55.1 Å². The molecule has 0 aromatic carbocycles. The standard InChI is InChI=1S/C13H22N2O.ClH/c14-8-13(6-1-2-7-13)15-12(16)11-9-4-3-5-10(9)11;/h9-11H,1-8,14H2,(H,15,16);1H. The summed E-state index contributed by atoms with van der Waals surface area (Å²) in [5, 5.41) is 3.27. The molecule has 0 radical (unpaired) electrons. The van der Waals surface area contributed by atoms with Gasteiger partial charge >= 0.3 is 0 Å². The van der Waals surface area contributed by atoms with Gasteiger partial charge in [-0.15, -0.1) is 12.4 Å². The Hall–Kier alpha value is -0.280. The number of nitrogens with two attached hydrogens (primary N) is 1. The Labute approximate surface area is 109 Å². The van der Waals surface area contributed by atoms with E-state index in [1.807, 2.05) is 0 Å². The van der Waals surface area contributed by atoms with Crippen molar-refractivity contribution >= 4 is 18.3 Å². The van der Waals surface area contributed by atoms with Crippen molar-refractivity contribution in [1.82, 2.24) is 5.32 Å². The van der Waals surface area contributed by atoms with Crippen molar-refractivity contribution in [2.75, 3.05) is 6.54 Å². The van der Waals surface area contributed by atoms with Gasteiger partial charge in [0, 0.05) is 12.5 Å². The number of carbonyl (C=O) groups excluding carboxylic acids is 1. The molecule has 3 N–H and O–H groups in total. The van der Waals surface area contributed by atoms with Gasteiger partial charge in [0.15, 0.2) is 0 Å². The molecule has 3 aliphatic carbocycles. The smallest absolute Gasteiger partial charge is 0.224 e. The highest BCUT2D eigenvalue weighted by Crippen LogP contribution is 2.57. The summed E-state index contributed by atoms with van der Waals surface area (Å²) in [6, 6.07) is 0. The summed E-state index contributed by atoms with van der Waals surface area (Å²) in [4.78, 5) is 12.2. The first-order chi connectivity index (χ1) is 7.76. The molecule has 0 spiro atoms. The Balaban J connectivity index is 0.00000108. The van der Waals surface area contributed by atoms with Gasteiger partial charge in [-0.2, -0.15) is 0 Å². The maximum atomic E-state index is 12.2. The Bertz CT molecular complexity index is 292. The van der Waals surface area contributed by atoms with Crippen LogP contribution in [-0.2, 0) is 4.79 Å². The molecule has 3 saturated carbocycles. The van der Waals surface area contributed by atoms with E-state index in [-0.39, 0.29) is 17.9 Å². The molecule has 4 heteroatoms. The van der Waals surface area contributed by atoms with Crippen LogP contribution in [0, 0.1) is 17.8 Å². The zero-order valence-corrected chi connectivity index (χ0v) is 11.1. The molecule has 3 rings (SSSR count). The number of nitrogens with one attached hydrogen (secondary N) is 1. The Morgan fingerprint density at radius 2 is 1.76 bits per heavy atom. The minimum Gasteiger partial charge on any atom is -0.349 e. The fourth-order valence-electron chi connectivity index (χ4n) is 3.99. The van der Waals surface area contributed by atoms with Crippen LogP contribution in [0.15, 0.2) is 0 Å². The molecule has 0 aromatic rings. The van der Waals surface area contributed by atoms with E-state index >= 15 is 0 Å². The summed E-state index contributed by atoms with van der Waals surface area (Å²) in [6.07, 6.45) is 8.48. The van der Waals surface area contributed by atoms with Crippen molar-refractivity contribution in [1.29, 1.82) is 0 Å². The highest BCUT2D eigenvalue weighted by Gasteiger charge is 2.57. The van der Waals surface area contributed by atoms with E-state index in [1.54, 1.807) is 0 Å². The average Bonchev–Trinajstić information content (AvgIpc) is 2.73. The second kappa shape index (κ2) is 4.77. The predicted molar refractivity (Wildman–Crippen MR) is 70.0 cm³/mol. The van der Waals surface area contributed by atoms with E-state index in [1.165, 1.54) is 32.1 Å². The molecule has 2 unspecified atom stereocenters. The molecule has 0 heterocycles. The van der Waals surface area contributed by atoms with Crippen molar-refractivity contribution in [3.63, 3.8) is 0 Å².